The van der Waals surface area contributed by atoms with E-state index in [2.05, 4.69) is 5.32 Å². The first-order valence-electron chi connectivity index (χ1n) is 5.60. The van der Waals surface area contributed by atoms with Gasteiger partial charge in [-0.15, -0.1) is 0 Å². The van der Waals surface area contributed by atoms with Crippen LogP contribution in [0.4, 0.5) is 15.8 Å². The maximum absolute atomic E-state index is 13.2. The second-order valence-corrected chi connectivity index (χ2v) is 4.58. The van der Waals surface area contributed by atoms with E-state index in [0.29, 0.717) is 11.3 Å². The van der Waals surface area contributed by atoms with Crippen LogP contribution in [0, 0.1) is 12.7 Å². The first-order chi connectivity index (χ1) is 8.97. The third-order valence-electron chi connectivity index (χ3n) is 2.57. The van der Waals surface area contributed by atoms with Gasteiger partial charge in [-0.25, -0.2) is 4.39 Å². The van der Waals surface area contributed by atoms with Crippen molar-refractivity contribution in [3.63, 3.8) is 0 Å². The fraction of sp³-hybridized carbons (Fsp3) is 0.0714. The van der Waals surface area contributed by atoms with Crippen LogP contribution in [0.25, 0.3) is 0 Å². The molecule has 19 heavy (non-hydrogen) atoms. The minimum atomic E-state index is -0.465. The maximum atomic E-state index is 13.2. The summed E-state index contributed by atoms with van der Waals surface area (Å²) in [6.07, 6.45) is 0. The zero-order valence-electron chi connectivity index (χ0n) is 10.2. The standard InChI is InChI=1S/C14H12ClFN2O/c1-8-5-9(16)7-10(6-8)18-14(19)13-11(15)3-2-4-12(13)17/h2-7H,17H2,1H3,(H,18,19). The van der Waals surface area contributed by atoms with Gasteiger partial charge >= 0.3 is 0 Å². The minimum Gasteiger partial charge on any atom is -0.398 e. The molecule has 0 aromatic heterocycles. The lowest BCUT2D eigenvalue weighted by Crippen LogP contribution is -2.14. The lowest BCUT2D eigenvalue weighted by atomic mass is 10.1. The number of hydrogen-bond acceptors (Lipinski definition) is 2. The molecule has 0 saturated heterocycles. The van der Waals surface area contributed by atoms with E-state index < -0.39 is 11.7 Å². The number of halogens is 2. The Balaban J connectivity index is 2.31. The van der Waals surface area contributed by atoms with Gasteiger partial charge in [0.2, 0.25) is 0 Å². The van der Waals surface area contributed by atoms with Crippen LogP contribution in [-0.2, 0) is 0 Å². The smallest absolute Gasteiger partial charge is 0.259 e. The summed E-state index contributed by atoms with van der Waals surface area (Å²) in [5.74, 6) is -0.879. The van der Waals surface area contributed by atoms with Crippen molar-refractivity contribution in [3.8, 4) is 0 Å². The van der Waals surface area contributed by atoms with Crippen LogP contribution in [0.1, 0.15) is 15.9 Å². The Bertz CT molecular complexity index is 603. The van der Waals surface area contributed by atoms with Crippen LogP contribution in [0.3, 0.4) is 0 Å². The molecule has 0 atom stereocenters. The Kier molecular flexibility index (Phi) is 3.71. The highest BCUT2D eigenvalue weighted by Gasteiger charge is 2.14. The summed E-state index contributed by atoms with van der Waals surface area (Å²) in [5, 5.41) is 2.83. The van der Waals surface area contributed by atoms with Gasteiger partial charge in [-0.2, -0.15) is 0 Å². The largest absolute Gasteiger partial charge is 0.398 e. The average molecular weight is 279 g/mol. The number of nitrogens with two attached hydrogens (primary N) is 1. The summed E-state index contributed by atoms with van der Waals surface area (Å²) in [7, 11) is 0. The number of amides is 1. The van der Waals surface area contributed by atoms with Gasteiger partial charge in [0.15, 0.2) is 0 Å². The number of hydrogen-bond donors (Lipinski definition) is 2. The van der Waals surface area contributed by atoms with Gasteiger partial charge in [-0.3, -0.25) is 4.79 Å². The van der Waals surface area contributed by atoms with E-state index in [-0.39, 0.29) is 16.3 Å². The van der Waals surface area contributed by atoms with E-state index >= 15 is 0 Å². The minimum absolute atomic E-state index is 0.186. The maximum Gasteiger partial charge on any atom is 0.259 e. The molecule has 0 fully saturated rings. The number of anilines is 2. The lowest BCUT2D eigenvalue weighted by Gasteiger charge is -2.09. The van der Waals surface area contributed by atoms with Gasteiger partial charge in [0.05, 0.1) is 10.6 Å². The summed E-state index contributed by atoms with van der Waals surface area (Å²) in [4.78, 5) is 12.1. The Hall–Kier alpha value is -2.07. The van der Waals surface area contributed by atoms with Gasteiger partial charge in [-0.05, 0) is 42.8 Å². The molecular formula is C14H12ClFN2O. The van der Waals surface area contributed by atoms with Gasteiger partial charge in [0, 0.05) is 11.4 Å². The molecule has 2 aromatic rings. The van der Waals surface area contributed by atoms with Gasteiger partial charge in [-0.1, -0.05) is 17.7 Å². The van der Waals surface area contributed by atoms with Crippen molar-refractivity contribution < 1.29 is 9.18 Å². The molecular weight excluding hydrogens is 267 g/mol. The van der Waals surface area contributed by atoms with E-state index in [4.69, 9.17) is 17.3 Å². The molecule has 2 aromatic carbocycles. The molecule has 0 unspecified atom stereocenters. The van der Waals surface area contributed by atoms with E-state index in [0.717, 1.165) is 0 Å². The van der Waals surface area contributed by atoms with Crippen LogP contribution in [-0.4, -0.2) is 5.91 Å². The fourth-order valence-corrected chi connectivity index (χ4v) is 2.05. The van der Waals surface area contributed by atoms with Crippen molar-refractivity contribution in [1.29, 1.82) is 0 Å². The van der Waals surface area contributed by atoms with E-state index in [9.17, 15) is 9.18 Å². The first-order valence-corrected chi connectivity index (χ1v) is 5.97. The number of nitrogen functional groups attached to an aromatic ring is 1. The molecule has 0 bridgehead atoms. The Morgan fingerprint density at radius 3 is 2.68 bits per heavy atom. The van der Waals surface area contributed by atoms with Gasteiger partial charge < -0.3 is 11.1 Å². The second kappa shape index (κ2) is 5.28. The molecule has 98 valence electrons. The molecule has 0 spiro atoms. The Labute approximate surface area is 115 Å². The summed E-state index contributed by atoms with van der Waals surface area (Å²) in [5.41, 5.74) is 7.25. The zero-order valence-corrected chi connectivity index (χ0v) is 11.0. The van der Waals surface area contributed by atoms with Crippen LogP contribution in [0.5, 0.6) is 0 Å². The van der Waals surface area contributed by atoms with Crippen LogP contribution in [0.2, 0.25) is 5.02 Å². The molecule has 0 saturated carbocycles. The van der Waals surface area contributed by atoms with Crippen LogP contribution >= 0.6 is 11.6 Å². The van der Waals surface area contributed by atoms with E-state index in [1.807, 2.05) is 0 Å². The van der Waals surface area contributed by atoms with Crippen molar-refractivity contribution in [1.82, 2.24) is 0 Å². The fourth-order valence-electron chi connectivity index (χ4n) is 1.78. The number of benzene rings is 2. The average Bonchev–Trinajstić information content (AvgIpc) is 2.26. The predicted octanol–water partition coefficient (Wildman–Crippen LogP) is 3.62. The zero-order chi connectivity index (χ0) is 14.0. The van der Waals surface area contributed by atoms with Crippen molar-refractivity contribution in [3.05, 3.63) is 58.4 Å². The summed E-state index contributed by atoms with van der Waals surface area (Å²) < 4.78 is 13.2. The lowest BCUT2D eigenvalue weighted by molar-refractivity contribution is 0.102. The number of nitrogens with one attached hydrogen (secondary N) is 1. The third-order valence-corrected chi connectivity index (χ3v) is 2.89. The van der Waals surface area contributed by atoms with Crippen molar-refractivity contribution >= 4 is 28.9 Å². The summed E-state index contributed by atoms with van der Waals surface area (Å²) in [6.45, 7) is 1.74. The summed E-state index contributed by atoms with van der Waals surface area (Å²) in [6, 6.07) is 9.08. The van der Waals surface area contributed by atoms with Crippen molar-refractivity contribution in [2.75, 3.05) is 11.1 Å². The number of aryl methyl sites for hydroxylation is 1. The molecule has 2 rings (SSSR count). The highest BCUT2D eigenvalue weighted by atomic mass is 35.5. The van der Waals surface area contributed by atoms with Crippen molar-refractivity contribution in [2.45, 2.75) is 6.92 Å². The molecule has 3 nitrogen and oxygen atoms in total. The molecule has 0 heterocycles. The molecule has 3 N–H and O–H groups in total. The van der Waals surface area contributed by atoms with E-state index in [1.54, 1.807) is 31.2 Å². The molecule has 0 aliphatic rings. The molecule has 1 amide bonds. The highest BCUT2D eigenvalue weighted by molar-refractivity contribution is 6.35. The Morgan fingerprint density at radius 2 is 2.05 bits per heavy atom. The Morgan fingerprint density at radius 1 is 1.32 bits per heavy atom. The monoisotopic (exact) mass is 278 g/mol. The highest BCUT2D eigenvalue weighted by Crippen LogP contribution is 2.23. The molecule has 0 radical (unpaired) electrons. The second-order valence-electron chi connectivity index (χ2n) is 4.18. The molecule has 0 aliphatic carbocycles. The number of carbonyl (C=O) groups excluding carboxylic acids is 1. The van der Waals surface area contributed by atoms with Crippen molar-refractivity contribution in [2.24, 2.45) is 0 Å². The van der Waals surface area contributed by atoms with Gasteiger partial charge in [0.25, 0.3) is 5.91 Å². The number of rotatable bonds is 2. The third kappa shape index (κ3) is 3.03. The quantitative estimate of drug-likeness (QED) is 0.824. The SMILES string of the molecule is Cc1cc(F)cc(NC(=O)c2c(N)cccc2Cl)c1. The number of carbonyl (C=O) groups is 1. The molecule has 0 aliphatic heterocycles. The topological polar surface area (TPSA) is 55.1 Å². The van der Waals surface area contributed by atoms with Crippen LogP contribution < -0.4 is 11.1 Å². The van der Waals surface area contributed by atoms with Crippen LogP contribution in [0.15, 0.2) is 36.4 Å². The van der Waals surface area contributed by atoms with Gasteiger partial charge in [0.1, 0.15) is 5.82 Å². The van der Waals surface area contributed by atoms with E-state index in [1.165, 1.54) is 12.1 Å². The first kappa shape index (κ1) is 13.4. The summed E-state index contributed by atoms with van der Waals surface area (Å²) >= 11 is 5.94. The molecule has 5 heteroatoms. The predicted molar refractivity (Wildman–Crippen MR) is 75.0 cm³/mol. The normalized spacial score (nSPS) is 10.3.